The van der Waals surface area contributed by atoms with Gasteiger partial charge in [-0.3, -0.25) is 9.58 Å². The predicted octanol–water partition coefficient (Wildman–Crippen LogP) is 1.28. The molecule has 4 nitrogen and oxygen atoms in total. The minimum absolute atomic E-state index is 0.695. The highest BCUT2D eigenvalue weighted by molar-refractivity contribution is 5.04. The van der Waals surface area contributed by atoms with E-state index >= 15 is 0 Å². The van der Waals surface area contributed by atoms with Crippen LogP contribution in [0.4, 0.5) is 0 Å². The lowest BCUT2D eigenvalue weighted by atomic mass is 9.95. The average molecular weight is 250 g/mol. The molecule has 1 aliphatic heterocycles. The average Bonchev–Trinajstić information content (AvgIpc) is 2.81. The monoisotopic (exact) mass is 250 g/mol. The quantitative estimate of drug-likeness (QED) is 0.854. The third-order valence-corrected chi connectivity index (χ3v) is 4.15. The van der Waals surface area contributed by atoms with Gasteiger partial charge in [-0.2, -0.15) is 5.10 Å². The van der Waals surface area contributed by atoms with Crippen molar-refractivity contribution in [2.24, 2.45) is 13.0 Å². The summed E-state index contributed by atoms with van der Waals surface area (Å²) in [7, 11) is 1.98. The Morgan fingerprint density at radius 2 is 2.39 bits per heavy atom. The molecule has 1 saturated heterocycles. The number of aryl methyl sites for hydroxylation is 1. The Bertz CT molecular complexity index is 360. The summed E-state index contributed by atoms with van der Waals surface area (Å²) in [6.45, 7) is 9.26. The molecule has 0 saturated carbocycles. The van der Waals surface area contributed by atoms with Gasteiger partial charge in [0.25, 0.3) is 0 Å². The first-order valence-corrected chi connectivity index (χ1v) is 7.13. The van der Waals surface area contributed by atoms with E-state index < -0.39 is 0 Å². The molecular weight excluding hydrogens is 224 g/mol. The molecular formula is C14H26N4. The number of aromatic nitrogens is 2. The highest BCUT2D eigenvalue weighted by Crippen LogP contribution is 2.16. The topological polar surface area (TPSA) is 33.1 Å². The Labute approximate surface area is 110 Å². The van der Waals surface area contributed by atoms with Gasteiger partial charge in [-0.1, -0.05) is 20.3 Å². The first-order valence-electron chi connectivity index (χ1n) is 7.13. The van der Waals surface area contributed by atoms with Gasteiger partial charge in [-0.15, -0.1) is 0 Å². The van der Waals surface area contributed by atoms with Crippen molar-refractivity contribution in [2.75, 3.05) is 26.2 Å². The molecule has 102 valence electrons. The van der Waals surface area contributed by atoms with E-state index in [1.807, 2.05) is 17.9 Å². The van der Waals surface area contributed by atoms with Crippen LogP contribution in [0.1, 0.15) is 25.8 Å². The lowest BCUT2D eigenvalue weighted by Gasteiger charge is -2.39. The molecule has 1 aromatic rings. The van der Waals surface area contributed by atoms with Crippen molar-refractivity contribution >= 4 is 0 Å². The molecule has 1 aromatic heterocycles. The van der Waals surface area contributed by atoms with Crippen molar-refractivity contribution in [3.63, 3.8) is 0 Å². The summed E-state index contributed by atoms with van der Waals surface area (Å²) in [6, 6.07) is 0.695. The van der Waals surface area contributed by atoms with Crippen LogP contribution >= 0.6 is 0 Å². The van der Waals surface area contributed by atoms with Crippen molar-refractivity contribution in [2.45, 2.75) is 32.7 Å². The van der Waals surface area contributed by atoms with Gasteiger partial charge in [-0.05, 0) is 17.9 Å². The van der Waals surface area contributed by atoms with E-state index in [-0.39, 0.29) is 0 Å². The Morgan fingerprint density at radius 3 is 3.06 bits per heavy atom. The van der Waals surface area contributed by atoms with Gasteiger partial charge >= 0.3 is 0 Å². The summed E-state index contributed by atoms with van der Waals surface area (Å²) in [5.74, 6) is 0.770. The summed E-state index contributed by atoms with van der Waals surface area (Å²) >= 11 is 0. The molecule has 0 aromatic carbocycles. The predicted molar refractivity (Wildman–Crippen MR) is 74.6 cm³/mol. The number of rotatable bonds is 5. The minimum Gasteiger partial charge on any atom is -0.314 e. The van der Waals surface area contributed by atoms with E-state index in [0.29, 0.717) is 6.04 Å². The molecule has 2 unspecified atom stereocenters. The SMILES string of the molecule is CCC(C)C1CNCCN1CCc1cnn(C)c1. The zero-order valence-electron chi connectivity index (χ0n) is 11.9. The zero-order chi connectivity index (χ0) is 13.0. The number of piperazine rings is 1. The molecule has 0 bridgehead atoms. The highest BCUT2D eigenvalue weighted by Gasteiger charge is 2.25. The number of hydrogen-bond donors (Lipinski definition) is 1. The molecule has 1 aliphatic rings. The van der Waals surface area contributed by atoms with Gasteiger partial charge < -0.3 is 5.32 Å². The maximum absolute atomic E-state index is 4.24. The minimum atomic E-state index is 0.695. The van der Waals surface area contributed by atoms with Gasteiger partial charge in [0.15, 0.2) is 0 Å². The summed E-state index contributed by atoms with van der Waals surface area (Å²) in [5, 5.41) is 7.76. The molecule has 0 spiro atoms. The summed E-state index contributed by atoms with van der Waals surface area (Å²) in [4.78, 5) is 2.65. The van der Waals surface area contributed by atoms with Crippen LogP contribution in [0.25, 0.3) is 0 Å². The molecule has 1 N–H and O–H groups in total. The molecule has 18 heavy (non-hydrogen) atoms. The first kappa shape index (κ1) is 13.6. The van der Waals surface area contributed by atoms with Gasteiger partial charge in [0.05, 0.1) is 6.20 Å². The Balaban J connectivity index is 1.89. The Hall–Kier alpha value is -0.870. The molecule has 2 rings (SSSR count). The lowest BCUT2D eigenvalue weighted by molar-refractivity contribution is 0.118. The fraction of sp³-hybridized carbons (Fsp3) is 0.786. The maximum atomic E-state index is 4.24. The van der Waals surface area contributed by atoms with Crippen LogP contribution in [0, 0.1) is 5.92 Å². The Kier molecular flexibility index (Phi) is 4.78. The van der Waals surface area contributed by atoms with Crippen molar-refractivity contribution in [1.29, 1.82) is 0 Å². The van der Waals surface area contributed by atoms with E-state index in [9.17, 15) is 0 Å². The number of nitrogens with zero attached hydrogens (tertiary/aromatic N) is 3. The molecule has 2 heterocycles. The third kappa shape index (κ3) is 3.33. The van der Waals surface area contributed by atoms with Gasteiger partial charge in [0, 0.05) is 45.5 Å². The fourth-order valence-corrected chi connectivity index (χ4v) is 2.75. The summed E-state index contributed by atoms with van der Waals surface area (Å²) in [6.07, 6.45) is 6.48. The second kappa shape index (κ2) is 6.34. The van der Waals surface area contributed by atoms with Crippen LogP contribution in [0.15, 0.2) is 12.4 Å². The normalized spacial score (nSPS) is 23.2. The largest absolute Gasteiger partial charge is 0.314 e. The number of hydrogen-bond acceptors (Lipinski definition) is 3. The van der Waals surface area contributed by atoms with Crippen molar-refractivity contribution in [3.05, 3.63) is 18.0 Å². The molecule has 1 fully saturated rings. The van der Waals surface area contributed by atoms with Crippen LogP contribution in [-0.4, -0.2) is 46.9 Å². The standard InChI is InChI=1S/C14H26N4/c1-4-12(2)14-10-15-6-8-18(14)7-5-13-9-16-17(3)11-13/h9,11-12,14-15H,4-8,10H2,1-3H3. The van der Waals surface area contributed by atoms with Crippen LogP contribution in [-0.2, 0) is 13.5 Å². The summed E-state index contributed by atoms with van der Waals surface area (Å²) < 4.78 is 1.89. The van der Waals surface area contributed by atoms with Crippen LogP contribution in [0.5, 0.6) is 0 Å². The van der Waals surface area contributed by atoms with E-state index in [1.165, 1.54) is 18.5 Å². The van der Waals surface area contributed by atoms with Crippen LogP contribution < -0.4 is 5.32 Å². The van der Waals surface area contributed by atoms with Crippen LogP contribution in [0.3, 0.4) is 0 Å². The highest BCUT2D eigenvalue weighted by atomic mass is 15.2. The molecule has 2 atom stereocenters. The van der Waals surface area contributed by atoms with Crippen LogP contribution in [0.2, 0.25) is 0 Å². The van der Waals surface area contributed by atoms with Crippen molar-refractivity contribution in [3.8, 4) is 0 Å². The summed E-state index contributed by atoms with van der Waals surface area (Å²) in [5.41, 5.74) is 1.35. The van der Waals surface area contributed by atoms with E-state index in [2.05, 4.69) is 35.4 Å². The first-order chi connectivity index (χ1) is 8.70. The van der Waals surface area contributed by atoms with Gasteiger partial charge in [0.2, 0.25) is 0 Å². The molecule has 0 radical (unpaired) electrons. The fourth-order valence-electron chi connectivity index (χ4n) is 2.75. The van der Waals surface area contributed by atoms with Gasteiger partial charge in [0.1, 0.15) is 0 Å². The molecule has 4 heteroatoms. The second-order valence-electron chi connectivity index (χ2n) is 5.47. The lowest BCUT2D eigenvalue weighted by Crippen LogP contribution is -2.54. The van der Waals surface area contributed by atoms with E-state index in [1.54, 1.807) is 0 Å². The zero-order valence-corrected chi connectivity index (χ0v) is 11.9. The maximum Gasteiger partial charge on any atom is 0.0522 e. The van der Waals surface area contributed by atoms with Gasteiger partial charge in [-0.25, -0.2) is 0 Å². The molecule has 0 aliphatic carbocycles. The van der Waals surface area contributed by atoms with E-state index in [0.717, 1.165) is 32.0 Å². The van der Waals surface area contributed by atoms with Crippen molar-refractivity contribution < 1.29 is 0 Å². The van der Waals surface area contributed by atoms with E-state index in [4.69, 9.17) is 0 Å². The Morgan fingerprint density at radius 1 is 1.56 bits per heavy atom. The molecule has 0 amide bonds. The number of nitrogens with one attached hydrogen (secondary N) is 1. The second-order valence-corrected chi connectivity index (χ2v) is 5.47. The smallest absolute Gasteiger partial charge is 0.0522 e. The third-order valence-electron chi connectivity index (χ3n) is 4.15. The van der Waals surface area contributed by atoms with Crippen molar-refractivity contribution in [1.82, 2.24) is 20.0 Å².